The van der Waals surface area contributed by atoms with E-state index >= 15 is 0 Å². The van der Waals surface area contributed by atoms with Gasteiger partial charge in [-0.2, -0.15) is 0 Å². The molecular weight excluding hydrogens is 554 g/mol. The Kier molecular flexibility index (Phi) is 6.58. The predicted octanol–water partition coefficient (Wildman–Crippen LogP) is 8.45. The molecule has 7 heteroatoms. The minimum absolute atomic E-state index is 0.252. The molecule has 3 aromatic carbocycles. The first-order valence-corrected chi connectivity index (χ1v) is 14.9. The smallest absolute Gasteiger partial charge is 0.191 e. The highest BCUT2D eigenvalue weighted by atomic mass is 79.9. The van der Waals surface area contributed by atoms with Gasteiger partial charge in [0.25, 0.3) is 0 Å². The number of rotatable bonds is 5. The first-order chi connectivity index (χ1) is 17.2. The molecule has 0 saturated heterocycles. The molecule has 0 spiro atoms. The number of nitrogen functional groups attached to an aromatic ring is 1. The zero-order valence-electron chi connectivity index (χ0n) is 18.7. The molecule has 3 nitrogen and oxygen atoms in total. The van der Waals surface area contributed by atoms with Gasteiger partial charge in [-0.25, -0.2) is 9.97 Å². The van der Waals surface area contributed by atoms with Gasteiger partial charge in [-0.05, 0) is 40.8 Å². The lowest BCUT2D eigenvalue weighted by Gasteiger charge is -2.30. The zero-order chi connectivity index (χ0) is 23.8. The van der Waals surface area contributed by atoms with Crippen molar-refractivity contribution < 1.29 is 0 Å². The maximum Gasteiger partial charge on any atom is 0.191 e. The van der Waals surface area contributed by atoms with Crippen LogP contribution in [0.1, 0.15) is 37.6 Å². The highest BCUT2D eigenvalue weighted by Gasteiger charge is 2.34. The lowest BCUT2D eigenvalue weighted by Crippen LogP contribution is -2.12. The number of anilines is 1. The molecule has 6 rings (SSSR count). The van der Waals surface area contributed by atoms with Crippen LogP contribution in [0, 0.1) is 0 Å². The molecule has 35 heavy (non-hydrogen) atoms. The standard InChI is InChI=1S/C28H22BrN3S3/c29-20-13-11-17(12-14-20)16-33-28-31-26(30)23-21-15-22(18-7-3-1-4-8-18)34-24(19-9-5-2-6-10-19)25(21)35-27(23)32-28/h1-14,22,24H,15-16H2,(H2,30,31,32)/t22-,24+/m0/s1. The number of aromatic nitrogens is 2. The Bertz CT molecular complexity index is 1470. The average molecular weight is 577 g/mol. The second-order valence-electron chi connectivity index (χ2n) is 8.46. The van der Waals surface area contributed by atoms with Gasteiger partial charge in [-0.1, -0.05) is 100 Å². The van der Waals surface area contributed by atoms with Crippen molar-refractivity contribution in [1.29, 1.82) is 0 Å². The van der Waals surface area contributed by atoms with E-state index in [0.29, 0.717) is 11.1 Å². The monoisotopic (exact) mass is 575 g/mol. The number of benzene rings is 3. The Balaban J connectivity index is 1.39. The summed E-state index contributed by atoms with van der Waals surface area (Å²) in [4.78, 5) is 12.1. The van der Waals surface area contributed by atoms with Crippen LogP contribution in [0.4, 0.5) is 5.82 Å². The van der Waals surface area contributed by atoms with Crippen molar-refractivity contribution in [2.45, 2.75) is 27.8 Å². The minimum Gasteiger partial charge on any atom is -0.383 e. The second kappa shape index (κ2) is 9.97. The molecule has 0 aliphatic carbocycles. The molecule has 0 radical (unpaired) electrons. The van der Waals surface area contributed by atoms with Gasteiger partial charge in [0.1, 0.15) is 10.6 Å². The Morgan fingerprint density at radius 3 is 2.29 bits per heavy atom. The molecule has 5 aromatic rings. The third-order valence-electron chi connectivity index (χ3n) is 6.17. The van der Waals surface area contributed by atoms with Gasteiger partial charge >= 0.3 is 0 Å². The van der Waals surface area contributed by atoms with Crippen LogP contribution in [0.25, 0.3) is 10.2 Å². The normalized spacial score (nSPS) is 17.4. The first kappa shape index (κ1) is 23.1. The van der Waals surface area contributed by atoms with Crippen LogP contribution in [0.3, 0.4) is 0 Å². The Hall–Kier alpha value is -2.32. The Morgan fingerprint density at radius 2 is 1.57 bits per heavy atom. The van der Waals surface area contributed by atoms with Crippen molar-refractivity contribution >= 4 is 66.8 Å². The first-order valence-electron chi connectivity index (χ1n) is 11.4. The number of halogens is 1. The van der Waals surface area contributed by atoms with E-state index in [1.165, 1.54) is 27.1 Å². The van der Waals surface area contributed by atoms with Gasteiger partial charge in [0.2, 0.25) is 0 Å². The summed E-state index contributed by atoms with van der Waals surface area (Å²) >= 11 is 8.94. The fourth-order valence-corrected chi connectivity index (χ4v) is 8.62. The van der Waals surface area contributed by atoms with E-state index in [-0.39, 0.29) is 5.25 Å². The number of hydrogen-bond acceptors (Lipinski definition) is 6. The van der Waals surface area contributed by atoms with Crippen LogP contribution in [0.2, 0.25) is 0 Å². The van der Waals surface area contributed by atoms with Crippen molar-refractivity contribution in [3.63, 3.8) is 0 Å². The molecule has 1 aliphatic heterocycles. The molecule has 3 heterocycles. The van der Waals surface area contributed by atoms with Crippen LogP contribution >= 0.6 is 50.8 Å². The van der Waals surface area contributed by atoms with Gasteiger partial charge in [0, 0.05) is 20.4 Å². The van der Waals surface area contributed by atoms with E-state index in [0.717, 1.165) is 32.0 Å². The average Bonchev–Trinajstić information content (AvgIpc) is 3.28. The molecule has 0 bridgehead atoms. The molecule has 0 fully saturated rings. The van der Waals surface area contributed by atoms with Gasteiger partial charge < -0.3 is 5.73 Å². The van der Waals surface area contributed by atoms with Crippen LogP contribution in [-0.4, -0.2) is 9.97 Å². The summed E-state index contributed by atoms with van der Waals surface area (Å²) in [7, 11) is 0. The molecule has 0 unspecified atom stereocenters. The third kappa shape index (κ3) is 4.75. The summed E-state index contributed by atoms with van der Waals surface area (Å²) in [5, 5.41) is 2.39. The Morgan fingerprint density at radius 1 is 0.886 bits per heavy atom. The lowest BCUT2D eigenvalue weighted by atomic mass is 9.98. The molecule has 2 N–H and O–H groups in total. The minimum atomic E-state index is 0.252. The third-order valence-corrected chi connectivity index (χ3v) is 10.5. The molecule has 2 aromatic heterocycles. The maximum absolute atomic E-state index is 6.61. The molecule has 0 saturated carbocycles. The van der Waals surface area contributed by atoms with Crippen molar-refractivity contribution in [3.05, 3.63) is 117 Å². The van der Waals surface area contributed by atoms with Gasteiger partial charge in [0.15, 0.2) is 5.16 Å². The van der Waals surface area contributed by atoms with Crippen LogP contribution in [0.15, 0.2) is 94.6 Å². The summed E-state index contributed by atoms with van der Waals surface area (Å²) in [6, 6.07) is 29.9. The molecule has 1 aliphatic rings. The van der Waals surface area contributed by atoms with E-state index < -0.39 is 0 Å². The molecule has 2 atom stereocenters. The van der Waals surface area contributed by atoms with E-state index in [1.807, 2.05) is 11.8 Å². The Labute approximate surface area is 225 Å². The van der Waals surface area contributed by atoms with Crippen molar-refractivity contribution in [3.8, 4) is 0 Å². The molecule has 174 valence electrons. The SMILES string of the molecule is Nc1nc(SCc2ccc(Br)cc2)nc2sc3c(c12)C[C@@H](c1ccccc1)S[C@@H]3c1ccccc1. The number of thioether (sulfide) groups is 2. The van der Waals surface area contributed by atoms with Crippen molar-refractivity contribution in [2.24, 2.45) is 0 Å². The lowest BCUT2D eigenvalue weighted by molar-refractivity contribution is 0.893. The number of hydrogen-bond donors (Lipinski definition) is 1. The number of nitrogens with two attached hydrogens (primary N) is 1. The fraction of sp³-hybridized carbons (Fsp3) is 0.143. The van der Waals surface area contributed by atoms with Crippen LogP contribution in [-0.2, 0) is 12.2 Å². The summed E-state index contributed by atoms with van der Waals surface area (Å²) in [5.41, 5.74) is 11.8. The van der Waals surface area contributed by atoms with Gasteiger partial charge in [0.05, 0.1) is 10.6 Å². The number of thiophene rings is 1. The quantitative estimate of drug-likeness (QED) is 0.168. The molecule has 0 amide bonds. The highest BCUT2D eigenvalue weighted by molar-refractivity contribution is 9.10. The van der Waals surface area contributed by atoms with Crippen molar-refractivity contribution in [1.82, 2.24) is 9.97 Å². The highest BCUT2D eigenvalue weighted by Crippen LogP contribution is 2.55. The zero-order valence-corrected chi connectivity index (χ0v) is 22.8. The largest absolute Gasteiger partial charge is 0.383 e. The van der Waals surface area contributed by atoms with Crippen LogP contribution < -0.4 is 5.73 Å². The van der Waals surface area contributed by atoms with Crippen LogP contribution in [0.5, 0.6) is 0 Å². The molecular formula is C28H22BrN3S3. The fourth-order valence-electron chi connectivity index (χ4n) is 4.47. The summed E-state index contributed by atoms with van der Waals surface area (Å²) in [6.45, 7) is 0. The summed E-state index contributed by atoms with van der Waals surface area (Å²) in [5.74, 6) is 1.40. The summed E-state index contributed by atoms with van der Waals surface area (Å²) < 4.78 is 1.08. The van der Waals surface area contributed by atoms with Gasteiger partial charge in [-0.3, -0.25) is 0 Å². The topological polar surface area (TPSA) is 51.8 Å². The van der Waals surface area contributed by atoms with E-state index in [2.05, 4.69) is 101 Å². The number of nitrogens with zero attached hydrogens (tertiary/aromatic N) is 2. The maximum atomic E-state index is 6.61. The van der Waals surface area contributed by atoms with E-state index in [1.54, 1.807) is 23.1 Å². The van der Waals surface area contributed by atoms with Gasteiger partial charge in [-0.15, -0.1) is 23.1 Å². The van der Waals surface area contributed by atoms with E-state index in [9.17, 15) is 0 Å². The van der Waals surface area contributed by atoms with E-state index in [4.69, 9.17) is 15.7 Å². The number of fused-ring (bicyclic) bond motifs is 3. The second-order valence-corrected chi connectivity index (χ2v) is 12.7. The predicted molar refractivity (Wildman–Crippen MR) is 154 cm³/mol. The van der Waals surface area contributed by atoms with Crippen molar-refractivity contribution in [2.75, 3.05) is 5.73 Å². The summed E-state index contributed by atoms with van der Waals surface area (Å²) in [6.07, 6.45) is 0.937.